The highest BCUT2D eigenvalue weighted by atomic mass is 32.2. The first-order valence-corrected chi connectivity index (χ1v) is 9.25. The van der Waals surface area contributed by atoms with E-state index >= 15 is 0 Å². The summed E-state index contributed by atoms with van der Waals surface area (Å²) in [6.07, 6.45) is -3.41. The molecule has 0 amide bonds. The van der Waals surface area contributed by atoms with Gasteiger partial charge in [-0.3, -0.25) is 4.68 Å². The number of hydrogen-bond acceptors (Lipinski definition) is 4. The minimum atomic E-state index is -4.56. The molecular weight excluding hydrogens is 397 g/mol. The summed E-state index contributed by atoms with van der Waals surface area (Å²) in [5.74, 6) is -0.411. The van der Waals surface area contributed by atoms with Gasteiger partial charge < -0.3 is 0 Å². The van der Waals surface area contributed by atoms with Crippen LogP contribution in [-0.2, 0) is 22.7 Å². The quantitative estimate of drug-likeness (QED) is 0.705. The maximum atomic E-state index is 12.8. The number of halogens is 5. The maximum absolute atomic E-state index is 12.8. The molecule has 7 nitrogen and oxygen atoms in total. The van der Waals surface area contributed by atoms with Gasteiger partial charge in [-0.15, -0.1) is 0 Å². The lowest BCUT2D eigenvalue weighted by molar-refractivity contribution is -0.141. The van der Waals surface area contributed by atoms with Crippen molar-refractivity contribution in [2.75, 3.05) is 6.54 Å². The number of aromatic nitrogens is 4. The molecule has 0 aromatic carbocycles. The lowest BCUT2D eigenvalue weighted by Gasteiger charge is -2.13. The molecule has 0 radical (unpaired) electrons. The third-order valence-electron chi connectivity index (χ3n) is 3.76. The van der Waals surface area contributed by atoms with Crippen LogP contribution in [0.4, 0.5) is 22.0 Å². The fourth-order valence-corrected chi connectivity index (χ4v) is 4.11. The number of sulfonamides is 1. The largest absolute Gasteiger partial charge is 0.435 e. The van der Waals surface area contributed by atoms with Crippen LogP contribution in [0.5, 0.6) is 0 Å². The molecule has 0 saturated heterocycles. The molecule has 2 heterocycles. The van der Waals surface area contributed by atoms with Crippen LogP contribution in [0, 0.1) is 19.8 Å². The van der Waals surface area contributed by atoms with Crippen molar-refractivity contribution in [1.82, 2.24) is 24.3 Å². The molecule has 1 atom stereocenters. The predicted molar refractivity (Wildman–Crippen MR) is 84.5 cm³/mol. The standard InChI is InChI=1S/C14H18F5N5O2S/c1-8(7-23-5-4-11(22-23)14(17,18)19)6-20-27(25,26)12-9(2)21-24(10(12)3)13(15)16/h4-5,8,13,20H,6-7H2,1-3H3/t8-/m0/s1. The number of aryl methyl sites for hydroxylation is 1. The molecule has 0 saturated carbocycles. The summed E-state index contributed by atoms with van der Waals surface area (Å²) < 4.78 is 91.8. The zero-order chi connectivity index (χ0) is 20.6. The highest BCUT2D eigenvalue weighted by molar-refractivity contribution is 7.89. The first-order valence-electron chi connectivity index (χ1n) is 7.77. The van der Waals surface area contributed by atoms with E-state index in [0.717, 1.165) is 16.9 Å². The molecule has 152 valence electrons. The SMILES string of the molecule is Cc1nn(C(F)F)c(C)c1S(=O)(=O)NC[C@H](C)Cn1ccc(C(F)(F)F)n1. The second kappa shape index (κ2) is 7.54. The normalized spacial score (nSPS) is 14.1. The Labute approximate surface area is 152 Å². The van der Waals surface area contributed by atoms with Crippen LogP contribution in [0.1, 0.15) is 30.6 Å². The Morgan fingerprint density at radius 2 is 1.85 bits per heavy atom. The highest BCUT2D eigenvalue weighted by Crippen LogP contribution is 2.27. The molecule has 0 aliphatic rings. The molecule has 0 fully saturated rings. The van der Waals surface area contributed by atoms with Crippen LogP contribution in [0.3, 0.4) is 0 Å². The number of hydrogen-bond donors (Lipinski definition) is 1. The third kappa shape index (κ3) is 4.83. The number of alkyl halides is 5. The van der Waals surface area contributed by atoms with E-state index in [1.54, 1.807) is 6.92 Å². The second-order valence-corrected chi connectivity index (χ2v) is 7.80. The van der Waals surface area contributed by atoms with Crippen LogP contribution < -0.4 is 4.72 Å². The second-order valence-electron chi connectivity index (χ2n) is 6.10. The molecule has 1 N–H and O–H groups in total. The van der Waals surface area contributed by atoms with Crippen molar-refractivity contribution in [1.29, 1.82) is 0 Å². The topological polar surface area (TPSA) is 81.8 Å². The molecule has 0 unspecified atom stereocenters. The summed E-state index contributed by atoms with van der Waals surface area (Å²) in [5.41, 5.74) is -1.32. The van der Waals surface area contributed by atoms with Crippen LogP contribution in [0.15, 0.2) is 17.2 Å². The lowest BCUT2D eigenvalue weighted by Crippen LogP contribution is -2.31. The van der Waals surface area contributed by atoms with Gasteiger partial charge in [0.1, 0.15) is 4.90 Å². The summed E-state index contributed by atoms with van der Waals surface area (Å²) >= 11 is 0. The molecule has 0 spiro atoms. The highest BCUT2D eigenvalue weighted by Gasteiger charge is 2.33. The van der Waals surface area contributed by atoms with Crippen molar-refractivity contribution in [2.24, 2.45) is 5.92 Å². The Bertz CT molecular complexity index is 904. The van der Waals surface area contributed by atoms with E-state index < -0.39 is 34.4 Å². The van der Waals surface area contributed by atoms with E-state index in [4.69, 9.17) is 0 Å². The number of rotatable bonds is 7. The molecule has 0 aliphatic carbocycles. The molecule has 0 aliphatic heterocycles. The van der Waals surface area contributed by atoms with E-state index in [1.165, 1.54) is 13.8 Å². The van der Waals surface area contributed by atoms with Gasteiger partial charge in [0.05, 0.1) is 11.4 Å². The fraction of sp³-hybridized carbons (Fsp3) is 0.571. The van der Waals surface area contributed by atoms with E-state index in [-0.39, 0.29) is 29.4 Å². The average Bonchev–Trinajstić information content (AvgIpc) is 3.10. The number of nitrogens with one attached hydrogen (secondary N) is 1. The van der Waals surface area contributed by atoms with Gasteiger partial charge in [0, 0.05) is 19.3 Å². The Morgan fingerprint density at radius 1 is 1.22 bits per heavy atom. The monoisotopic (exact) mass is 415 g/mol. The van der Waals surface area contributed by atoms with Gasteiger partial charge in [-0.2, -0.15) is 32.1 Å². The zero-order valence-corrected chi connectivity index (χ0v) is 15.4. The van der Waals surface area contributed by atoms with Gasteiger partial charge in [0.25, 0.3) is 0 Å². The smallest absolute Gasteiger partial charge is 0.272 e. The third-order valence-corrected chi connectivity index (χ3v) is 5.44. The van der Waals surface area contributed by atoms with Crippen LogP contribution >= 0.6 is 0 Å². The maximum Gasteiger partial charge on any atom is 0.435 e. The summed E-state index contributed by atoms with van der Waals surface area (Å²) in [4.78, 5) is -0.339. The molecule has 27 heavy (non-hydrogen) atoms. The van der Waals surface area contributed by atoms with Crippen molar-refractivity contribution in [2.45, 2.75) is 44.9 Å². The average molecular weight is 415 g/mol. The molecule has 0 bridgehead atoms. The van der Waals surface area contributed by atoms with Crippen molar-refractivity contribution < 1.29 is 30.4 Å². The van der Waals surface area contributed by atoms with E-state index in [1.807, 2.05) is 0 Å². The summed E-state index contributed by atoms with van der Waals surface area (Å²) in [6.45, 7) is 1.06. The number of nitrogens with zero attached hydrogens (tertiary/aromatic N) is 4. The first-order chi connectivity index (χ1) is 12.3. The summed E-state index contributed by atoms with van der Waals surface area (Å²) in [6, 6.07) is 0.822. The minimum absolute atomic E-state index is 0.0346. The molecular formula is C14H18F5N5O2S. The van der Waals surface area contributed by atoms with E-state index in [9.17, 15) is 30.4 Å². The lowest BCUT2D eigenvalue weighted by atomic mass is 10.2. The summed E-state index contributed by atoms with van der Waals surface area (Å²) in [7, 11) is -4.12. The van der Waals surface area contributed by atoms with E-state index in [0.29, 0.717) is 4.68 Å². The van der Waals surface area contributed by atoms with Crippen LogP contribution in [0.2, 0.25) is 0 Å². The molecule has 2 rings (SSSR count). The Hall–Kier alpha value is -2.02. The van der Waals surface area contributed by atoms with Gasteiger partial charge in [-0.05, 0) is 25.8 Å². The minimum Gasteiger partial charge on any atom is -0.272 e. The Morgan fingerprint density at radius 3 is 2.33 bits per heavy atom. The van der Waals surface area contributed by atoms with Gasteiger partial charge in [-0.25, -0.2) is 17.8 Å². The van der Waals surface area contributed by atoms with E-state index in [2.05, 4.69) is 14.9 Å². The Balaban J connectivity index is 2.06. The van der Waals surface area contributed by atoms with Crippen molar-refractivity contribution in [3.8, 4) is 0 Å². The van der Waals surface area contributed by atoms with Crippen molar-refractivity contribution in [3.05, 3.63) is 29.3 Å². The van der Waals surface area contributed by atoms with Gasteiger partial charge in [-0.1, -0.05) is 6.92 Å². The molecule has 13 heteroatoms. The van der Waals surface area contributed by atoms with Gasteiger partial charge in [0.2, 0.25) is 10.0 Å². The van der Waals surface area contributed by atoms with Crippen LogP contribution in [0.25, 0.3) is 0 Å². The van der Waals surface area contributed by atoms with Crippen LogP contribution in [-0.4, -0.2) is 34.5 Å². The molecule has 2 aromatic rings. The first kappa shape index (κ1) is 21.3. The predicted octanol–water partition coefficient (Wildman–Crippen LogP) is 2.72. The Kier molecular flexibility index (Phi) is 5.94. The fourth-order valence-electron chi connectivity index (χ4n) is 2.55. The zero-order valence-electron chi connectivity index (χ0n) is 14.6. The molecule has 2 aromatic heterocycles. The van der Waals surface area contributed by atoms with Gasteiger partial charge in [0.15, 0.2) is 5.69 Å². The van der Waals surface area contributed by atoms with Gasteiger partial charge >= 0.3 is 12.7 Å². The summed E-state index contributed by atoms with van der Waals surface area (Å²) in [5, 5.41) is 6.92. The van der Waals surface area contributed by atoms with Crippen molar-refractivity contribution in [3.63, 3.8) is 0 Å². The van der Waals surface area contributed by atoms with Crippen molar-refractivity contribution >= 4 is 10.0 Å².